The third-order valence-electron chi connectivity index (χ3n) is 6.59. The molecule has 1 aromatic carbocycles. The standard InChI is InChI=1S/C22H21N5O2.C7H10N2/c1-12(2)19-10-29-22(27-19)14-4-5-16(13(3)6-14)18-7-15-8-20(25-11-28)24-9-17(15)21(23)26-18;1-9-5-7(4-8-9)6-2-3-6/h4-12H,1-3H3,(H2,23,26)(H,24,25,28);4-6H,2-3H2,1H3. The van der Waals surface area contributed by atoms with E-state index in [1.165, 1.54) is 18.4 Å². The van der Waals surface area contributed by atoms with E-state index in [1.54, 1.807) is 18.5 Å². The van der Waals surface area contributed by atoms with Gasteiger partial charge in [0.2, 0.25) is 12.3 Å². The van der Waals surface area contributed by atoms with E-state index in [1.807, 2.05) is 49.1 Å². The van der Waals surface area contributed by atoms with Crippen molar-refractivity contribution in [3.8, 4) is 22.7 Å². The van der Waals surface area contributed by atoms with Gasteiger partial charge in [0.15, 0.2) is 0 Å². The van der Waals surface area contributed by atoms with Crippen LogP contribution in [0.1, 0.15) is 55.3 Å². The first-order valence-electron chi connectivity index (χ1n) is 12.6. The molecule has 6 rings (SSSR count). The van der Waals surface area contributed by atoms with Crippen LogP contribution in [-0.4, -0.2) is 31.1 Å². The lowest BCUT2D eigenvalue weighted by Gasteiger charge is -2.10. The molecule has 9 nitrogen and oxygen atoms in total. The normalized spacial score (nSPS) is 12.9. The number of carbonyl (C=O) groups is 1. The molecule has 38 heavy (non-hydrogen) atoms. The molecule has 3 N–H and O–H groups in total. The first-order valence-corrected chi connectivity index (χ1v) is 12.6. The number of rotatable bonds is 6. The number of pyridine rings is 2. The van der Waals surface area contributed by atoms with Gasteiger partial charge in [0.25, 0.3) is 0 Å². The Morgan fingerprint density at radius 3 is 2.61 bits per heavy atom. The zero-order valence-corrected chi connectivity index (χ0v) is 22.0. The summed E-state index contributed by atoms with van der Waals surface area (Å²) in [5, 5.41) is 8.24. The number of hydrogen-bond donors (Lipinski definition) is 2. The fourth-order valence-corrected chi connectivity index (χ4v) is 4.29. The third-order valence-corrected chi connectivity index (χ3v) is 6.59. The van der Waals surface area contributed by atoms with Crippen molar-refractivity contribution in [1.82, 2.24) is 24.7 Å². The number of fused-ring (bicyclic) bond motifs is 1. The van der Waals surface area contributed by atoms with Crippen LogP contribution in [0.4, 0.5) is 11.6 Å². The number of carbonyl (C=O) groups excluding carboxylic acids is 1. The highest BCUT2D eigenvalue weighted by Crippen LogP contribution is 2.39. The Labute approximate surface area is 221 Å². The summed E-state index contributed by atoms with van der Waals surface area (Å²) < 4.78 is 7.51. The molecule has 1 saturated carbocycles. The maximum Gasteiger partial charge on any atom is 0.226 e. The van der Waals surface area contributed by atoms with E-state index in [0.29, 0.717) is 29.9 Å². The number of aryl methyl sites for hydroxylation is 2. The fraction of sp³-hybridized carbons (Fsp3) is 0.276. The Kier molecular flexibility index (Phi) is 6.91. The topological polar surface area (TPSA) is 125 Å². The van der Waals surface area contributed by atoms with E-state index in [-0.39, 0.29) is 0 Å². The molecule has 1 amide bonds. The molecule has 4 aromatic heterocycles. The minimum atomic E-state index is 0.311. The van der Waals surface area contributed by atoms with Gasteiger partial charge in [-0.2, -0.15) is 5.10 Å². The predicted octanol–water partition coefficient (Wildman–Crippen LogP) is 5.83. The van der Waals surface area contributed by atoms with Crippen LogP contribution in [0.25, 0.3) is 33.5 Å². The first-order chi connectivity index (χ1) is 18.3. The zero-order valence-electron chi connectivity index (χ0n) is 22.0. The second kappa shape index (κ2) is 10.5. The lowest BCUT2D eigenvalue weighted by Crippen LogP contribution is -1.99. The Balaban J connectivity index is 0.000000273. The van der Waals surface area contributed by atoms with Crippen molar-refractivity contribution >= 4 is 28.8 Å². The van der Waals surface area contributed by atoms with Crippen molar-refractivity contribution in [2.75, 3.05) is 11.1 Å². The maximum atomic E-state index is 10.7. The lowest BCUT2D eigenvalue weighted by atomic mass is 10.0. The number of oxazole rings is 1. The number of aromatic nitrogens is 5. The van der Waals surface area contributed by atoms with Crippen LogP contribution in [-0.2, 0) is 11.8 Å². The Morgan fingerprint density at radius 2 is 1.97 bits per heavy atom. The maximum absolute atomic E-state index is 10.7. The van der Waals surface area contributed by atoms with Gasteiger partial charge < -0.3 is 15.5 Å². The van der Waals surface area contributed by atoms with Crippen LogP contribution in [0.5, 0.6) is 0 Å². The zero-order chi connectivity index (χ0) is 26.8. The highest BCUT2D eigenvalue weighted by atomic mass is 16.3. The molecule has 5 aromatic rings. The minimum Gasteiger partial charge on any atom is -0.444 e. The predicted molar refractivity (Wildman–Crippen MR) is 149 cm³/mol. The van der Waals surface area contributed by atoms with Crippen LogP contribution in [0.15, 0.2) is 59.6 Å². The highest BCUT2D eigenvalue weighted by Gasteiger charge is 2.24. The van der Waals surface area contributed by atoms with Crippen molar-refractivity contribution in [3.63, 3.8) is 0 Å². The van der Waals surface area contributed by atoms with Crippen molar-refractivity contribution < 1.29 is 9.21 Å². The van der Waals surface area contributed by atoms with Crippen LogP contribution < -0.4 is 11.1 Å². The molecule has 0 aliphatic heterocycles. The molecule has 1 fully saturated rings. The van der Waals surface area contributed by atoms with Gasteiger partial charge in [-0.05, 0) is 72.4 Å². The molecular weight excluding hydrogens is 478 g/mol. The van der Waals surface area contributed by atoms with Gasteiger partial charge in [0.1, 0.15) is 17.9 Å². The molecule has 0 bridgehead atoms. The molecule has 9 heteroatoms. The lowest BCUT2D eigenvalue weighted by molar-refractivity contribution is -0.105. The van der Waals surface area contributed by atoms with Gasteiger partial charge in [0.05, 0.1) is 17.6 Å². The molecule has 0 radical (unpaired) electrons. The molecular formula is C29H31N7O2. The minimum absolute atomic E-state index is 0.311. The van der Waals surface area contributed by atoms with Crippen LogP contribution in [0.3, 0.4) is 0 Å². The number of nitrogens with two attached hydrogens (primary N) is 1. The summed E-state index contributed by atoms with van der Waals surface area (Å²) >= 11 is 0. The number of benzene rings is 1. The third kappa shape index (κ3) is 5.41. The second-order valence-corrected chi connectivity index (χ2v) is 9.93. The molecule has 1 aliphatic carbocycles. The quantitative estimate of drug-likeness (QED) is 0.276. The van der Waals surface area contributed by atoms with E-state index in [2.05, 4.69) is 45.4 Å². The molecule has 1 aliphatic rings. The Morgan fingerprint density at radius 1 is 1.16 bits per heavy atom. The molecule has 0 saturated heterocycles. The van der Waals surface area contributed by atoms with Crippen molar-refractivity contribution in [2.45, 2.75) is 45.4 Å². The van der Waals surface area contributed by atoms with E-state index in [9.17, 15) is 4.79 Å². The molecule has 194 valence electrons. The number of nitrogen functional groups attached to an aromatic ring is 1. The van der Waals surface area contributed by atoms with Gasteiger partial charge in [0, 0.05) is 36.0 Å². The monoisotopic (exact) mass is 509 g/mol. The first kappa shape index (κ1) is 25.1. The number of amides is 1. The average molecular weight is 510 g/mol. The van der Waals surface area contributed by atoms with Crippen molar-refractivity contribution in [3.05, 3.63) is 72.0 Å². The molecule has 4 heterocycles. The summed E-state index contributed by atoms with van der Waals surface area (Å²) in [6, 6.07) is 9.69. The highest BCUT2D eigenvalue weighted by molar-refractivity contribution is 5.95. The number of anilines is 2. The van der Waals surface area contributed by atoms with Crippen LogP contribution in [0, 0.1) is 6.92 Å². The van der Waals surface area contributed by atoms with Gasteiger partial charge >= 0.3 is 0 Å². The van der Waals surface area contributed by atoms with E-state index >= 15 is 0 Å². The smallest absolute Gasteiger partial charge is 0.226 e. The average Bonchev–Trinajstić information content (AvgIpc) is 3.44. The Bertz CT molecular complexity index is 1600. The van der Waals surface area contributed by atoms with Crippen LogP contribution >= 0.6 is 0 Å². The van der Waals surface area contributed by atoms with Crippen molar-refractivity contribution in [1.29, 1.82) is 0 Å². The second-order valence-electron chi connectivity index (χ2n) is 9.93. The summed E-state index contributed by atoms with van der Waals surface area (Å²) in [4.78, 5) is 24.0. The van der Waals surface area contributed by atoms with E-state index in [4.69, 9.17) is 10.2 Å². The van der Waals surface area contributed by atoms with Crippen LogP contribution in [0.2, 0.25) is 0 Å². The molecule has 0 atom stereocenters. The molecule has 0 unspecified atom stereocenters. The summed E-state index contributed by atoms with van der Waals surface area (Å²) in [6.45, 7) is 6.17. The summed E-state index contributed by atoms with van der Waals surface area (Å²) in [6.07, 6.45) is 10.7. The van der Waals surface area contributed by atoms with Gasteiger partial charge in [-0.3, -0.25) is 9.48 Å². The fourth-order valence-electron chi connectivity index (χ4n) is 4.29. The van der Waals surface area contributed by atoms with E-state index < -0.39 is 0 Å². The SMILES string of the molecule is Cc1cc(-c2nc(C(C)C)co2)ccc1-c1cc2cc(NC=O)ncc2c(N)n1.Cn1cc(C2CC2)cn1. The number of hydrogen-bond acceptors (Lipinski definition) is 7. The summed E-state index contributed by atoms with van der Waals surface area (Å²) in [5.41, 5.74) is 12.1. The van der Waals surface area contributed by atoms with Gasteiger partial charge in [-0.15, -0.1) is 0 Å². The summed E-state index contributed by atoms with van der Waals surface area (Å²) in [5.74, 6) is 2.61. The summed E-state index contributed by atoms with van der Waals surface area (Å²) in [7, 11) is 1.96. The Hall–Kier alpha value is -4.53. The van der Waals surface area contributed by atoms with Gasteiger partial charge in [-0.25, -0.2) is 15.0 Å². The number of nitrogens with zero attached hydrogens (tertiary/aromatic N) is 5. The van der Waals surface area contributed by atoms with E-state index in [0.717, 1.165) is 44.8 Å². The van der Waals surface area contributed by atoms with Gasteiger partial charge in [-0.1, -0.05) is 19.9 Å². The molecule has 0 spiro atoms. The number of nitrogens with one attached hydrogen (secondary N) is 1. The van der Waals surface area contributed by atoms with Crippen molar-refractivity contribution in [2.24, 2.45) is 7.05 Å². The largest absolute Gasteiger partial charge is 0.444 e.